The number of ether oxygens (including phenoxy) is 1. The van der Waals surface area contributed by atoms with E-state index in [1.165, 1.54) is 4.90 Å². The number of amides is 1. The van der Waals surface area contributed by atoms with E-state index in [-0.39, 0.29) is 18.4 Å². The highest BCUT2D eigenvalue weighted by molar-refractivity contribution is 5.85. The minimum absolute atomic E-state index is 0.0990. The normalized spacial score (nSPS) is 18.3. The summed E-state index contributed by atoms with van der Waals surface area (Å²) in [6.07, 6.45) is 0. The second-order valence-corrected chi connectivity index (χ2v) is 4.86. The van der Waals surface area contributed by atoms with Crippen molar-refractivity contribution in [1.82, 2.24) is 4.90 Å². The van der Waals surface area contributed by atoms with Gasteiger partial charge in [0.1, 0.15) is 18.3 Å². The van der Waals surface area contributed by atoms with Crippen LogP contribution in [0.25, 0.3) is 0 Å². The highest BCUT2D eigenvalue weighted by Gasteiger charge is 2.32. The summed E-state index contributed by atoms with van der Waals surface area (Å²) in [6, 6.07) is 7.44. The molecular weight excluding hydrogens is 246 g/mol. The van der Waals surface area contributed by atoms with Gasteiger partial charge in [0, 0.05) is 19.2 Å². The number of fused-ring (bicyclic) bond motifs is 1. The Bertz CT molecular complexity index is 500. The number of carbonyl (C=O) groups is 2. The molecule has 0 unspecified atom stereocenters. The van der Waals surface area contributed by atoms with E-state index in [1.54, 1.807) is 14.0 Å². The summed E-state index contributed by atoms with van der Waals surface area (Å²) in [5, 5.41) is 8.87. The summed E-state index contributed by atoms with van der Waals surface area (Å²) >= 11 is 0. The molecule has 5 heteroatoms. The maximum absolute atomic E-state index is 12.3. The number of carboxylic acids is 1. The van der Waals surface area contributed by atoms with Gasteiger partial charge >= 0.3 is 5.97 Å². The molecule has 19 heavy (non-hydrogen) atoms. The van der Waals surface area contributed by atoms with Crippen LogP contribution in [0.5, 0.6) is 5.75 Å². The zero-order valence-electron chi connectivity index (χ0n) is 11.0. The van der Waals surface area contributed by atoms with Crippen molar-refractivity contribution in [1.29, 1.82) is 0 Å². The fraction of sp³-hybridized carbons (Fsp3) is 0.429. The zero-order chi connectivity index (χ0) is 14.0. The van der Waals surface area contributed by atoms with Crippen LogP contribution < -0.4 is 4.74 Å². The molecule has 1 aliphatic rings. The third-order valence-electron chi connectivity index (χ3n) is 3.34. The van der Waals surface area contributed by atoms with E-state index in [4.69, 9.17) is 9.84 Å². The fourth-order valence-electron chi connectivity index (χ4n) is 2.21. The van der Waals surface area contributed by atoms with Crippen molar-refractivity contribution in [3.63, 3.8) is 0 Å². The van der Waals surface area contributed by atoms with Gasteiger partial charge in [0.05, 0.1) is 5.92 Å². The number of benzene rings is 1. The number of hydrogen-bond acceptors (Lipinski definition) is 3. The van der Waals surface area contributed by atoms with Crippen molar-refractivity contribution in [3.05, 3.63) is 29.8 Å². The van der Waals surface area contributed by atoms with Crippen molar-refractivity contribution >= 4 is 11.9 Å². The summed E-state index contributed by atoms with van der Waals surface area (Å²) in [4.78, 5) is 24.6. The Balaban J connectivity index is 2.07. The predicted octanol–water partition coefficient (Wildman–Crippen LogP) is 1.34. The van der Waals surface area contributed by atoms with Crippen LogP contribution >= 0.6 is 0 Å². The quantitative estimate of drug-likeness (QED) is 0.890. The number of nitrogens with zero attached hydrogens (tertiary/aromatic N) is 1. The molecule has 5 nitrogen and oxygen atoms in total. The van der Waals surface area contributed by atoms with Gasteiger partial charge in [0.2, 0.25) is 5.91 Å². The van der Waals surface area contributed by atoms with Crippen LogP contribution in [0.4, 0.5) is 0 Å². The van der Waals surface area contributed by atoms with Crippen LogP contribution in [0.15, 0.2) is 24.3 Å². The van der Waals surface area contributed by atoms with Gasteiger partial charge in [-0.1, -0.05) is 25.1 Å². The lowest BCUT2D eigenvalue weighted by Gasteiger charge is -2.22. The third-order valence-corrected chi connectivity index (χ3v) is 3.34. The first-order valence-electron chi connectivity index (χ1n) is 6.20. The second-order valence-electron chi connectivity index (χ2n) is 4.86. The SMILES string of the molecule is C[C@H](CN(C)C(=O)[C@@H]1COc2ccccc21)C(=O)O. The summed E-state index contributed by atoms with van der Waals surface area (Å²) in [5.74, 6) is -1.17. The monoisotopic (exact) mass is 263 g/mol. The van der Waals surface area contributed by atoms with E-state index >= 15 is 0 Å². The van der Waals surface area contributed by atoms with Crippen LogP contribution in [0.2, 0.25) is 0 Å². The van der Waals surface area contributed by atoms with Gasteiger partial charge in [-0.3, -0.25) is 9.59 Å². The Kier molecular flexibility index (Phi) is 3.74. The molecule has 1 aromatic carbocycles. The lowest BCUT2D eigenvalue weighted by atomic mass is 9.99. The lowest BCUT2D eigenvalue weighted by Crippen LogP contribution is -2.37. The highest BCUT2D eigenvalue weighted by Crippen LogP contribution is 2.34. The molecule has 0 spiro atoms. The molecule has 0 saturated heterocycles. The van der Waals surface area contributed by atoms with E-state index in [0.29, 0.717) is 6.61 Å². The Hall–Kier alpha value is -2.04. The molecule has 0 radical (unpaired) electrons. The van der Waals surface area contributed by atoms with E-state index in [0.717, 1.165) is 11.3 Å². The Morgan fingerprint density at radius 3 is 2.84 bits per heavy atom. The first-order valence-corrected chi connectivity index (χ1v) is 6.20. The van der Waals surface area contributed by atoms with Crippen LogP contribution in [0.1, 0.15) is 18.4 Å². The van der Waals surface area contributed by atoms with Gasteiger partial charge in [-0.05, 0) is 6.07 Å². The van der Waals surface area contributed by atoms with E-state index in [9.17, 15) is 9.59 Å². The number of para-hydroxylation sites is 1. The van der Waals surface area contributed by atoms with E-state index in [1.807, 2.05) is 24.3 Å². The molecule has 1 N–H and O–H groups in total. The molecule has 102 valence electrons. The molecular formula is C14H17NO4. The Labute approximate surface area is 111 Å². The van der Waals surface area contributed by atoms with Crippen LogP contribution in [-0.2, 0) is 9.59 Å². The number of carboxylic acid groups (broad SMARTS) is 1. The highest BCUT2D eigenvalue weighted by atomic mass is 16.5. The predicted molar refractivity (Wildman–Crippen MR) is 69.1 cm³/mol. The number of aliphatic carboxylic acids is 1. The smallest absolute Gasteiger partial charge is 0.308 e. The Morgan fingerprint density at radius 1 is 1.47 bits per heavy atom. The van der Waals surface area contributed by atoms with Gasteiger partial charge in [0.25, 0.3) is 0 Å². The summed E-state index contributed by atoms with van der Waals surface area (Å²) in [6.45, 7) is 2.11. The maximum Gasteiger partial charge on any atom is 0.308 e. The molecule has 1 heterocycles. The summed E-state index contributed by atoms with van der Waals surface area (Å²) in [7, 11) is 1.63. The maximum atomic E-state index is 12.3. The molecule has 1 amide bonds. The molecule has 0 saturated carbocycles. The van der Waals surface area contributed by atoms with Crippen LogP contribution in [0.3, 0.4) is 0 Å². The first-order chi connectivity index (χ1) is 9.00. The number of rotatable bonds is 4. The van der Waals surface area contributed by atoms with Crippen molar-refractivity contribution in [3.8, 4) is 5.75 Å². The minimum Gasteiger partial charge on any atom is -0.492 e. The number of likely N-dealkylation sites (N-methyl/N-ethyl adjacent to an activating group) is 1. The summed E-state index contributed by atoms with van der Waals surface area (Å²) in [5.41, 5.74) is 0.877. The van der Waals surface area contributed by atoms with Gasteiger partial charge in [-0.25, -0.2) is 0 Å². The molecule has 2 rings (SSSR count). The lowest BCUT2D eigenvalue weighted by molar-refractivity contribution is -0.142. The summed E-state index contributed by atoms with van der Waals surface area (Å²) < 4.78 is 5.47. The van der Waals surface area contributed by atoms with Crippen molar-refractivity contribution in [2.75, 3.05) is 20.2 Å². The topological polar surface area (TPSA) is 66.8 Å². The first kappa shape index (κ1) is 13.4. The zero-order valence-corrected chi connectivity index (χ0v) is 11.0. The van der Waals surface area contributed by atoms with Gasteiger partial charge < -0.3 is 14.7 Å². The van der Waals surface area contributed by atoms with Crippen molar-refractivity contribution < 1.29 is 19.4 Å². The van der Waals surface area contributed by atoms with Crippen molar-refractivity contribution in [2.45, 2.75) is 12.8 Å². The molecule has 1 aliphatic heterocycles. The molecule has 2 atom stereocenters. The Morgan fingerprint density at radius 2 is 2.16 bits per heavy atom. The second kappa shape index (κ2) is 5.30. The van der Waals surface area contributed by atoms with Crippen LogP contribution in [-0.4, -0.2) is 42.1 Å². The van der Waals surface area contributed by atoms with Gasteiger partial charge in [0.15, 0.2) is 0 Å². The number of hydrogen-bond donors (Lipinski definition) is 1. The largest absolute Gasteiger partial charge is 0.492 e. The van der Waals surface area contributed by atoms with Crippen LogP contribution in [0, 0.1) is 5.92 Å². The molecule has 0 fully saturated rings. The van der Waals surface area contributed by atoms with Gasteiger partial charge in [-0.15, -0.1) is 0 Å². The van der Waals surface area contributed by atoms with E-state index in [2.05, 4.69) is 0 Å². The number of carbonyl (C=O) groups excluding carboxylic acids is 1. The molecule has 0 aromatic heterocycles. The standard InChI is InChI=1S/C14H17NO4/c1-9(14(17)18)7-15(2)13(16)11-8-19-12-6-4-3-5-10(11)12/h3-6,9,11H,7-8H2,1-2H3,(H,17,18)/t9-,11-/m1/s1. The molecule has 1 aromatic rings. The fourth-order valence-corrected chi connectivity index (χ4v) is 2.21. The molecule has 0 aliphatic carbocycles. The average molecular weight is 263 g/mol. The van der Waals surface area contributed by atoms with Gasteiger partial charge in [-0.2, -0.15) is 0 Å². The van der Waals surface area contributed by atoms with Crippen molar-refractivity contribution in [2.24, 2.45) is 5.92 Å². The third kappa shape index (κ3) is 2.70. The molecule has 0 bridgehead atoms. The average Bonchev–Trinajstić information content (AvgIpc) is 2.81. The van der Waals surface area contributed by atoms with E-state index < -0.39 is 11.9 Å². The minimum atomic E-state index is -0.900.